The van der Waals surface area contributed by atoms with Gasteiger partial charge in [-0.25, -0.2) is 4.98 Å². The van der Waals surface area contributed by atoms with Crippen LogP contribution in [0.25, 0.3) is 4.96 Å². The first-order valence-electron chi connectivity index (χ1n) is 6.88. The lowest BCUT2D eigenvalue weighted by molar-refractivity contribution is 0.103. The Morgan fingerprint density at radius 2 is 2.48 bits per heavy atom. The normalized spacial score (nSPS) is 20.3. The molecular weight excluding hydrogens is 290 g/mol. The maximum absolute atomic E-state index is 6.22. The van der Waals surface area contributed by atoms with Gasteiger partial charge in [0.2, 0.25) is 4.96 Å². The molecule has 0 spiro atoms. The third-order valence-corrected chi connectivity index (χ3v) is 4.59. The summed E-state index contributed by atoms with van der Waals surface area (Å²) in [6.07, 6.45) is 6.11. The van der Waals surface area contributed by atoms with Crippen molar-refractivity contribution in [3.63, 3.8) is 0 Å². The SMILES string of the molecule is NC(Cc1cnc[nH]1)c1nn2c(C3CCCO3)nnc2s1. The van der Waals surface area contributed by atoms with E-state index >= 15 is 0 Å². The average Bonchev–Trinajstić information content (AvgIpc) is 3.23. The van der Waals surface area contributed by atoms with Gasteiger partial charge in [0.05, 0.1) is 12.4 Å². The van der Waals surface area contributed by atoms with E-state index in [1.54, 1.807) is 17.0 Å². The molecule has 8 nitrogen and oxygen atoms in total. The Hall–Kier alpha value is -1.84. The molecule has 4 heterocycles. The number of nitrogens with two attached hydrogens (primary N) is 1. The summed E-state index contributed by atoms with van der Waals surface area (Å²) < 4.78 is 7.42. The van der Waals surface area contributed by atoms with E-state index in [1.165, 1.54) is 11.3 Å². The van der Waals surface area contributed by atoms with E-state index in [0.717, 1.165) is 40.9 Å². The number of rotatable bonds is 4. The van der Waals surface area contributed by atoms with Crippen molar-refractivity contribution in [2.24, 2.45) is 5.73 Å². The van der Waals surface area contributed by atoms with Crippen molar-refractivity contribution in [2.45, 2.75) is 31.4 Å². The summed E-state index contributed by atoms with van der Waals surface area (Å²) in [5.74, 6) is 0.777. The third-order valence-electron chi connectivity index (χ3n) is 3.56. The number of H-pyrrole nitrogens is 1. The van der Waals surface area contributed by atoms with Gasteiger partial charge in [0.15, 0.2) is 5.82 Å². The van der Waals surface area contributed by atoms with Crippen LogP contribution in [0.1, 0.15) is 41.5 Å². The van der Waals surface area contributed by atoms with Crippen LogP contribution in [0.3, 0.4) is 0 Å². The van der Waals surface area contributed by atoms with Gasteiger partial charge < -0.3 is 15.5 Å². The predicted octanol–water partition coefficient (Wildman–Crippen LogP) is 1.00. The smallest absolute Gasteiger partial charge is 0.234 e. The van der Waals surface area contributed by atoms with Crippen molar-refractivity contribution in [1.29, 1.82) is 0 Å². The van der Waals surface area contributed by atoms with Gasteiger partial charge >= 0.3 is 0 Å². The van der Waals surface area contributed by atoms with Crippen LogP contribution in [0.2, 0.25) is 0 Å². The number of hydrogen-bond acceptors (Lipinski definition) is 7. The zero-order valence-corrected chi connectivity index (χ0v) is 12.1. The summed E-state index contributed by atoms with van der Waals surface area (Å²) in [6, 6.07) is -0.186. The second-order valence-electron chi connectivity index (χ2n) is 5.08. The highest BCUT2D eigenvalue weighted by atomic mass is 32.1. The summed E-state index contributed by atoms with van der Waals surface area (Å²) in [6.45, 7) is 0.774. The molecule has 2 unspecified atom stereocenters. The minimum atomic E-state index is -0.186. The molecule has 0 radical (unpaired) electrons. The van der Waals surface area contributed by atoms with E-state index in [9.17, 15) is 0 Å². The molecule has 110 valence electrons. The first-order chi connectivity index (χ1) is 10.3. The van der Waals surface area contributed by atoms with Gasteiger partial charge in [-0.3, -0.25) is 0 Å². The number of imidazole rings is 1. The molecule has 0 aliphatic carbocycles. The zero-order chi connectivity index (χ0) is 14.2. The van der Waals surface area contributed by atoms with Gasteiger partial charge in [0.1, 0.15) is 11.1 Å². The van der Waals surface area contributed by atoms with Crippen molar-refractivity contribution in [3.05, 3.63) is 29.1 Å². The molecule has 21 heavy (non-hydrogen) atoms. The lowest BCUT2D eigenvalue weighted by Crippen LogP contribution is -2.14. The maximum Gasteiger partial charge on any atom is 0.234 e. The van der Waals surface area contributed by atoms with E-state index in [1.807, 2.05) is 0 Å². The van der Waals surface area contributed by atoms with Gasteiger partial charge in [0.25, 0.3) is 0 Å². The highest BCUT2D eigenvalue weighted by molar-refractivity contribution is 7.16. The minimum Gasteiger partial charge on any atom is -0.370 e. The van der Waals surface area contributed by atoms with Crippen molar-refractivity contribution < 1.29 is 4.74 Å². The van der Waals surface area contributed by atoms with Gasteiger partial charge in [-0.2, -0.15) is 9.61 Å². The number of ether oxygens (including phenoxy) is 1. The quantitative estimate of drug-likeness (QED) is 0.744. The molecule has 1 aliphatic rings. The molecule has 1 fully saturated rings. The van der Waals surface area contributed by atoms with Crippen molar-refractivity contribution in [3.8, 4) is 0 Å². The largest absolute Gasteiger partial charge is 0.370 e. The van der Waals surface area contributed by atoms with Gasteiger partial charge in [-0.15, -0.1) is 10.2 Å². The molecule has 9 heteroatoms. The number of fused-ring (bicyclic) bond motifs is 1. The van der Waals surface area contributed by atoms with Crippen LogP contribution in [-0.4, -0.2) is 36.4 Å². The van der Waals surface area contributed by atoms with Gasteiger partial charge in [-0.1, -0.05) is 11.3 Å². The van der Waals surface area contributed by atoms with Crippen LogP contribution < -0.4 is 5.73 Å². The van der Waals surface area contributed by atoms with Crippen LogP contribution in [0, 0.1) is 0 Å². The third kappa shape index (κ3) is 2.33. The van der Waals surface area contributed by atoms with Crippen molar-refractivity contribution >= 4 is 16.3 Å². The minimum absolute atomic E-state index is 0.00113. The highest BCUT2D eigenvalue weighted by Gasteiger charge is 2.25. The number of aromatic amines is 1. The van der Waals surface area contributed by atoms with Crippen LogP contribution in [-0.2, 0) is 11.2 Å². The predicted molar refractivity (Wildman–Crippen MR) is 75.8 cm³/mol. The molecular formula is C12H15N7OS. The molecule has 0 saturated carbocycles. The standard InChI is InChI=1S/C12H15N7OS/c13-8(4-7-5-14-6-15-7)11-18-19-10(9-2-1-3-20-9)16-17-12(19)21-11/h5-6,8-9H,1-4,13H2,(H,14,15). The summed E-state index contributed by atoms with van der Waals surface area (Å²) in [5, 5.41) is 13.8. The number of hydrogen-bond donors (Lipinski definition) is 2. The van der Waals surface area contributed by atoms with Crippen molar-refractivity contribution in [2.75, 3.05) is 6.61 Å². The molecule has 4 rings (SSSR count). The molecule has 0 aromatic carbocycles. The Kier molecular flexibility index (Phi) is 3.17. The first kappa shape index (κ1) is 12.9. The maximum atomic E-state index is 6.22. The molecule has 0 bridgehead atoms. The van der Waals surface area contributed by atoms with Crippen LogP contribution in [0.4, 0.5) is 0 Å². The van der Waals surface area contributed by atoms with Gasteiger partial charge in [0, 0.05) is 24.9 Å². The average molecular weight is 305 g/mol. The van der Waals surface area contributed by atoms with Crippen LogP contribution in [0.5, 0.6) is 0 Å². The van der Waals surface area contributed by atoms with E-state index in [4.69, 9.17) is 10.5 Å². The molecule has 2 atom stereocenters. The Morgan fingerprint density at radius 3 is 3.24 bits per heavy atom. The fourth-order valence-corrected chi connectivity index (χ4v) is 3.35. The highest BCUT2D eigenvalue weighted by Crippen LogP contribution is 2.29. The summed E-state index contributed by atoms with van der Waals surface area (Å²) in [4.78, 5) is 7.81. The van der Waals surface area contributed by atoms with E-state index in [-0.39, 0.29) is 12.1 Å². The van der Waals surface area contributed by atoms with E-state index in [2.05, 4.69) is 25.3 Å². The second-order valence-corrected chi connectivity index (χ2v) is 6.07. The molecule has 3 N–H and O–H groups in total. The van der Waals surface area contributed by atoms with Crippen molar-refractivity contribution in [1.82, 2.24) is 29.8 Å². The number of aromatic nitrogens is 6. The molecule has 3 aromatic rings. The zero-order valence-electron chi connectivity index (χ0n) is 11.3. The van der Waals surface area contributed by atoms with Crippen LogP contribution >= 0.6 is 11.3 Å². The lowest BCUT2D eigenvalue weighted by atomic mass is 10.2. The number of nitrogens with zero attached hydrogens (tertiary/aromatic N) is 5. The summed E-state index contributed by atoms with van der Waals surface area (Å²) in [5.41, 5.74) is 7.21. The Labute approximate surface area is 124 Å². The lowest BCUT2D eigenvalue weighted by Gasteiger charge is -2.06. The second kappa shape index (κ2) is 5.17. The van der Waals surface area contributed by atoms with E-state index < -0.39 is 0 Å². The fraction of sp³-hybridized carbons (Fsp3) is 0.500. The fourth-order valence-electron chi connectivity index (χ4n) is 2.50. The number of nitrogens with one attached hydrogen (secondary N) is 1. The summed E-state index contributed by atoms with van der Waals surface area (Å²) >= 11 is 1.47. The van der Waals surface area contributed by atoms with Crippen LogP contribution in [0.15, 0.2) is 12.5 Å². The molecule has 0 amide bonds. The van der Waals surface area contributed by atoms with Gasteiger partial charge in [-0.05, 0) is 12.8 Å². The molecule has 1 aliphatic heterocycles. The molecule has 1 saturated heterocycles. The topological polar surface area (TPSA) is 107 Å². The Bertz CT molecular complexity index is 728. The summed E-state index contributed by atoms with van der Waals surface area (Å²) in [7, 11) is 0. The Balaban J connectivity index is 1.61. The molecule has 3 aromatic heterocycles. The Morgan fingerprint density at radius 1 is 1.52 bits per heavy atom. The first-order valence-corrected chi connectivity index (χ1v) is 7.69. The van der Waals surface area contributed by atoms with E-state index in [0.29, 0.717) is 6.42 Å². The monoisotopic (exact) mass is 305 g/mol.